The molecule has 1 fully saturated rings. The lowest BCUT2D eigenvalue weighted by atomic mass is 10.4. The monoisotopic (exact) mass is 323 g/mol. The predicted octanol–water partition coefficient (Wildman–Crippen LogP) is 2.13. The first kappa shape index (κ1) is 12.1. The Hall–Kier alpha value is -0.400. The van der Waals surface area contributed by atoms with Gasteiger partial charge >= 0.3 is 0 Å². The molecule has 0 atom stereocenters. The minimum absolute atomic E-state index is 0.229. The van der Waals surface area contributed by atoms with E-state index >= 15 is 0 Å². The Morgan fingerprint density at radius 2 is 2.19 bits per heavy atom. The van der Waals surface area contributed by atoms with E-state index in [1.807, 2.05) is 6.92 Å². The highest BCUT2D eigenvalue weighted by Gasteiger charge is 2.34. The molecular formula is C9H10BrNO3S2. The maximum absolute atomic E-state index is 12.1. The maximum atomic E-state index is 12.1. The zero-order valence-electron chi connectivity index (χ0n) is 8.57. The molecule has 0 saturated carbocycles. The largest absolute Gasteiger partial charge is 0.276 e. The first-order chi connectivity index (χ1) is 7.43. The number of carbonyl (C=O) groups is 1. The number of halogens is 1. The molecule has 1 amide bonds. The van der Waals surface area contributed by atoms with Crippen molar-refractivity contribution in [3.63, 3.8) is 0 Å². The van der Waals surface area contributed by atoms with E-state index < -0.39 is 10.0 Å². The third kappa shape index (κ3) is 1.91. The summed E-state index contributed by atoms with van der Waals surface area (Å²) >= 11 is 4.43. The SMILES string of the molecule is Cc1cc(S(=O)(=O)N2CCCC2=O)sc1Br. The van der Waals surface area contributed by atoms with Gasteiger partial charge in [-0.15, -0.1) is 11.3 Å². The summed E-state index contributed by atoms with van der Waals surface area (Å²) in [6.45, 7) is 2.13. The fourth-order valence-electron chi connectivity index (χ4n) is 1.55. The maximum Gasteiger partial charge on any atom is 0.276 e. The molecule has 4 nitrogen and oxygen atoms in total. The van der Waals surface area contributed by atoms with Crippen LogP contribution in [0.15, 0.2) is 14.1 Å². The minimum Gasteiger partial charge on any atom is -0.274 e. The highest BCUT2D eigenvalue weighted by atomic mass is 79.9. The van der Waals surface area contributed by atoms with Gasteiger partial charge in [0.2, 0.25) is 5.91 Å². The van der Waals surface area contributed by atoms with Crippen molar-refractivity contribution in [2.24, 2.45) is 0 Å². The summed E-state index contributed by atoms with van der Waals surface area (Å²) in [5, 5.41) is 0. The lowest BCUT2D eigenvalue weighted by Gasteiger charge is -2.14. The van der Waals surface area contributed by atoms with E-state index in [1.165, 1.54) is 0 Å². The number of amides is 1. The van der Waals surface area contributed by atoms with Crippen molar-refractivity contribution in [1.82, 2.24) is 4.31 Å². The summed E-state index contributed by atoms with van der Waals surface area (Å²) in [5.74, 6) is -0.304. The number of sulfonamides is 1. The van der Waals surface area contributed by atoms with Gasteiger partial charge in [-0.05, 0) is 40.9 Å². The van der Waals surface area contributed by atoms with E-state index in [9.17, 15) is 13.2 Å². The number of hydrogen-bond acceptors (Lipinski definition) is 4. The van der Waals surface area contributed by atoms with Gasteiger partial charge in [0.25, 0.3) is 10.0 Å². The van der Waals surface area contributed by atoms with Gasteiger partial charge in [-0.1, -0.05) is 0 Å². The van der Waals surface area contributed by atoms with Crippen LogP contribution in [0.25, 0.3) is 0 Å². The van der Waals surface area contributed by atoms with Crippen LogP contribution >= 0.6 is 27.3 Å². The average molecular weight is 324 g/mol. The van der Waals surface area contributed by atoms with Crippen molar-refractivity contribution in [1.29, 1.82) is 0 Å². The topological polar surface area (TPSA) is 54.5 Å². The van der Waals surface area contributed by atoms with Gasteiger partial charge < -0.3 is 0 Å². The minimum atomic E-state index is -3.62. The number of aryl methyl sites for hydroxylation is 1. The molecule has 2 rings (SSSR count). The standard InChI is InChI=1S/C9H10BrNO3S2/c1-6-5-8(15-9(6)10)16(13,14)11-4-2-3-7(11)12/h5H,2-4H2,1H3. The number of nitrogens with zero attached hydrogens (tertiary/aromatic N) is 1. The summed E-state index contributed by atoms with van der Waals surface area (Å²) in [4.78, 5) is 11.4. The zero-order valence-corrected chi connectivity index (χ0v) is 11.8. The van der Waals surface area contributed by atoms with Gasteiger partial charge in [0.15, 0.2) is 0 Å². The molecule has 0 aromatic carbocycles. The molecule has 0 unspecified atom stereocenters. The third-order valence-corrected chi connectivity index (χ3v) is 6.81. The van der Waals surface area contributed by atoms with E-state index in [0.29, 0.717) is 19.4 Å². The smallest absolute Gasteiger partial charge is 0.274 e. The van der Waals surface area contributed by atoms with Crippen molar-refractivity contribution in [2.45, 2.75) is 24.0 Å². The second kappa shape index (κ2) is 4.12. The van der Waals surface area contributed by atoms with Gasteiger partial charge in [0, 0.05) is 13.0 Å². The van der Waals surface area contributed by atoms with Gasteiger partial charge in [0.1, 0.15) is 4.21 Å². The second-order valence-electron chi connectivity index (χ2n) is 3.60. The van der Waals surface area contributed by atoms with Crippen LogP contribution in [0, 0.1) is 6.92 Å². The molecule has 0 spiro atoms. The van der Waals surface area contributed by atoms with Crippen LogP contribution in [0.5, 0.6) is 0 Å². The van der Waals surface area contributed by atoms with Gasteiger partial charge in [-0.2, -0.15) is 0 Å². The molecule has 1 saturated heterocycles. The molecule has 0 radical (unpaired) electrons. The van der Waals surface area contributed by atoms with Gasteiger partial charge in [-0.25, -0.2) is 12.7 Å². The quantitative estimate of drug-likeness (QED) is 0.837. The van der Waals surface area contributed by atoms with Crippen LogP contribution in [0.4, 0.5) is 0 Å². The van der Waals surface area contributed by atoms with E-state index in [2.05, 4.69) is 15.9 Å². The Bertz CT molecular complexity index is 515. The van der Waals surface area contributed by atoms with Gasteiger partial charge in [0.05, 0.1) is 3.79 Å². The summed E-state index contributed by atoms with van der Waals surface area (Å²) in [7, 11) is -3.62. The molecule has 1 aromatic rings. The van der Waals surface area contributed by atoms with Crippen LogP contribution in [0.1, 0.15) is 18.4 Å². The highest BCUT2D eigenvalue weighted by Crippen LogP contribution is 2.33. The summed E-state index contributed by atoms with van der Waals surface area (Å²) in [5.41, 5.74) is 0.871. The van der Waals surface area contributed by atoms with E-state index in [-0.39, 0.29) is 10.1 Å². The number of hydrogen-bond donors (Lipinski definition) is 0. The molecule has 1 aliphatic rings. The van der Waals surface area contributed by atoms with Crippen LogP contribution in [0.3, 0.4) is 0 Å². The first-order valence-electron chi connectivity index (χ1n) is 4.74. The Balaban J connectivity index is 2.42. The molecule has 7 heteroatoms. The lowest BCUT2D eigenvalue weighted by molar-refractivity contribution is -0.123. The van der Waals surface area contributed by atoms with Crippen LogP contribution in [-0.2, 0) is 14.8 Å². The van der Waals surface area contributed by atoms with Crippen LogP contribution < -0.4 is 0 Å². The lowest BCUT2D eigenvalue weighted by Crippen LogP contribution is -2.31. The number of rotatable bonds is 2. The number of thiophene rings is 1. The Labute approximate surface area is 106 Å². The van der Waals surface area contributed by atoms with Crippen LogP contribution in [0.2, 0.25) is 0 Å². The molecule has 88 valence electrons. The Morgan fingerprint density at radius 1 is 1.50 bits per heavy atom. The zero-order chi connectivity index (χ0) is 11.9. The molecule has 0 N–H and O–H groups in total. The molecule has 16 heavy (non-hydrogen) atoms. The predicted molar refractivity (Wildman–Crippen MR) is 64.9 cm³/mol. The fourth-order valence-corrected chi connectivity index (χ4v) is 5.35. The first-order valence-corrected chi connectivity index (χ1v) is 7.79. The fraction of sp³-hybridized carbons (Fsp3) is 0.444. The highest BCUT2D eigenvalue weighted by molar-refractivity contribution is 9.11. The van der Waals surface area contributed by atoms with Crippen molar-refractivity contribution in [3.05, 3.63) is 15.4 Å². The van der Waals surface area contributed by atoms with Crippen molar-refractivity contribution in [3.8, 4) is 0 Å². The number of carbonyl (C=O) groups excluding carboxylic acids is 1. The van der Waals surface area contributed by atoms with Crippen molar-refractivity contribution in [2.75, 3.05) is 6.54 Å². The molecule has 0 aliphatic carbocycles. The summed E-state index contributed by atoms with van der Waals surface area (Å²) in [6.07, 6.45) is 0.939. The average Bonchev–Trinajstić information content (AvgIpc) is 2.75. The van der Waals surface area contributed by atoms with Crippen molar-refractivity contribution >= 4 is 43.2 Å². The summed E-state index contributed by atoms with van der Waals surface area (Å²) < 4.78 is 26.2. The van der Waals surface area contributed by atoms with E-state index in [0.717, 1.165) is 25.0 Å². The van der Waals surface area contributed by atoms with Crippen LogP contribution in [-0.4, -0.2) is 25.2 Å². The normalized spacial score (nSPS) is 17.1. The molecular weight excluding hydrogens is 314 g/mol. The second-order valence-corrected chi connectivity index (χ2v) is 8.06. The van der Waals surface area contributed by atoms with E-state index in [1.54, 1.807) is 6.07 Å². The van der Waals surface area contributed by atoms with E-state index in [4.69, 9.17) is 0 Å². The van der Waals surface area contributed by atoms with Crippen molar-refractivity contribution < 1.29 is 13.2 Å². The molecule has 0 bridgehead atoms. The Morgan fingerprint density at radius 3 is 2.62 bits per heavy atom. The molecule has 2 heterocycles. The summed E-state index contributed by atoms with van der Waals surface area (Å²) in [6, 6.07) is 1.59. The Kier molecular flexibility index (Phi) is 3.11. The van der Waals surface area contributed by atoms with Gasteiger partial charge in [-0.3, -0.25) is 4.79 Å². The molecule has 1 aromatic heterocycles. The third-order valence-electron chi connectivity index (χ3n) is 2.41. The molecule has 1 aliphatic heterocycles.